The number of fused-ring (bicyclic) bond motifs is 1. The molecule has 0 unspecified atom stereocenters. The number of piperidine rings is 1. The molecule has 0 radical (unpaired) electrons. The average Bonchev–Trinajstić information content (AvgIpc) is 2.54. The molecule has 0 aromatic heterocycles. The zero-order chi connectivity index (χ0) is 15.5. The summed E-state index contributed by atoms with van der Waals surface area (Å²) in [5, 5.41) is 0. The fourth-order valence-corrected chi connectivity index (χ4v) is 3.07. The van der Waals surface area contributed by atoms with E-state index in [1.807, 2.05) is 30.0 Å². The van der Waals surface area contributed by atoms with Crippen molar-refractivity contribution in [3.8, 4) is 5.75 Å². The molecule has 5 heteroatoms. The van der Waals surface area contributed by atoms with E-state index in [-0.39, 0.29) is 18.4 Å². The lowest BCUT2D eigenvalue weighted by atomic mass is 10.1. The van der Waals surface area contributed by atoms with Crippen molar-refractivity contribution in [2.75, 3.05) is 31.1 Å². The zero-order valence-electron chi connectivity index (χ0n) is 13.0. The number of hydrogen-bond acceptors (Lipinski definition) is 3. The van der Waals surface area contributed by atoms with Gasteiger partial charge in [0.1, 0.15) is 5.75 Å². The van der Waals surface area contributed by atoms with Crippen LogP contribution in [0, 0.1) is 6.92 Å². The molecule has 0 aliphatic carbocycles. The van der Waals surface area contributed by atoms with Crippen molar-refractivity contribution < 1.29 is 14.3 Å². The van der Waals surface area contributed by atoms with E-state index in [4.69, 9.17) is 4.74 Å². The van der Waals surface area contributed by atoms with Crippen LogP contribution in [0.3, 0.4) is 0 Å². The molecule has 2 aliphatic heterocycles. The van der Waals surface area contributed by atoms with Gasteiger partial charge in [-0.15, -0.1) is 0 Å². The maximum atomic E-state index is 12.3. The van der Waals surface area contributed by atoms with Crippen molar-refractivity contribution in [2.24, 2.45) is 0 Å². The second-order valence-corrected chi connectivity index (χ2v) is 6.00. The Morgan fingerprint density at radius 1 is 1.23 bits per heavy atom. The van der Waals surface area contributed by atoms with Gasteiger partial charge < -0.3 is 14.5 Å². The number of carbonyl (C=O) groups excluding carboxylic acids is 2. The first-order valence-electron chi connectivity index (χ1n) is 7.97. The molecule has 0 saturated carbocycles. The van der Waals surface area contributed by atoms with Crippen LogP contribution in [0.25, 0.3) is 0 Å². The van der Waals surface area contributed by atoms with E-state index in [0.717, 1.165) is 42.9 Å². The molecule has 0 spiro atoms. The SMILES string of the molecule is Cc1ccc2c(c1)N(CCC(=O)N1CCCCC1)C(=O)CO2. The second-order valence-electron chi connectivity index (χ2n) is 6.00. The minimum atomic E-state index is -0.0791. The molecule has 5 nitrogen and oxygen atoms in total. The number of hydrogen-bond donors (Lipinski definition) is 0. The highest BCUT2D eigenvalue weighted by atomic mass is 16.5. The molecule has 0 atom stereocenters. The van der Waals surface area contributed by atoms with Gasteiger partial charge in [-0.1, -0.05) is 6.07 Å². The Kier molecular flexibility index (Phi) is 4.32. The molecule has 22 heavy (non-hydrogen) atoms. The van der Waals surface area contributed by atoms with Gasteiger partial charge in [0.25, 0.3) is 5.91 Å². The molecule has 1 saturated heterocycles. The summed E-state index contributed by atoms with van der Waals surface area (Å²) in [5.41, 5.74) is 1.85. The molecule has 3 rings (SSSR count). The molecule has 1 aromatic rings. The highest BCUT2D eigenvalue weighted by Crippen LogP contribution is 2.32. The van der Waals surface area contributed by atoms with Crippen LogP contribution < -0.4 is 9.64 Å². The van der Waals surface area contributed by atoms with Crippen LogP contribution in [0.5, 0.6) is 5.75 Å². The monoisotopic (exact) mass is 302 g/mol. The van der Waals surface area contributed by atoms with Crippen LogP contribution in [0.15, 0.2) is 18.2 Å². The molecular weight excluding hydrogens is 280 g/mol. The highest BCUT2D eigenvalue weighted by molar-refractivity contribution is 5.98. The first-order chi connectivity index (χ1) is 10.6. The predicted molar refractivity (Wildman–Crippen MR) is 84.1 cm³/mol. The summed E-state index contributed by atoms with van der Waals surface area (Å²) in [6, 6.07) is 5.79. The van der Waals surface area contributed by atoms with Crippen molar-refractivity contribution >= 4 is 17.5 Å². The second kappa shape index (κ2) is 6.38. The van der Waals surface area contributed by atoms with Gasteiger partial charge in [-0.25, -0.2) is 0 Å². The minimum absolute atomic E-state index is 0.0496. The van der Waals surface area contributed by atoms with Gasteiger partial charge in [0.2, 0.25) is 5.91 Å². The zero-order valence-corrected chi connectivity index (χ0v) is 13.0. The lowest BCUT2D eigenvalue weighted by Gasteiger charge is -2.31. The predicted octanol–water partition coefficient (Wildman–Crippen LogP) is 2.12. The first kappa shape index (κ1) is 14.9. The summed E-state index contributed by atoms with van der Waals surface area (Å²) in [6.07, 6.45) is 3.76. The van der Waals surface area contributed by atoms with Crippen molar-refractivity contribution in [1.82, 2.24) is 4.90 Å². The van der Waals surface area contributed by atoms with E-state index in [1.54, 1.807) is 4.90 Å². The number of nitrogens with zero attached hydrogens (tertiary/aromatic N) is 2. The highest BCUT2D eigenvalue weighted by Gasteiger charge is 2.26. The Bertz CT molecular complexity index is 579. The number of carbonyl (C=O) groups is 2. The maximum Gasteiger partial charge on any atom is 0.265 e. The van der Waals surface area contributed by atoms with Gasteiger partial charge in [-0.05, 0) is 43.9 Å². The third-order valence-electron chi connectivity index (χ3n) is 4.32. The fraction of sp³-hybridized carbons (Fsp3) is 0.529. The average molecular weight is 302 g/mol. The Morgan fingerprint density at radius 2 is 2.00 bits per heavy atom. The van der Waals surface area contributed by atoms with Crippen molar-refractivity contribution in [1.29, 1.82) is 0 Å². The number of likely N-dealkylation sites (tertiary alicyclic amines) is 1. The molecular formula is C17H22N2O3. The van der Waals surface area contributed by atoms with E-state index in [2.05, 4.69) is 0 Å². The van der Waals surface area contributed by atoms with Gasteiger partial charge in [-0.3, -0.25) is 9.59 Å². The van der Waals surface area contributed by atoms with Gasteiger partial charge >= 0.3 is 0 Å². The summed E-state index contributed by atoms with van der Waals surface area (Å²) in [7, 11) is 0. The van der Waals surface area contributed by atoms with E-state index in [0.29, 0.717) is 13.0 Å². The smallest absolute Gasteiger partial charge is 0.265 e. The first-order valence-corrected chi connectivity index (χ1v) is 7.97. The van der Waals surface area contributed by atoms with Crippen LogP contribution in [-0.4, -0.2) is 43.0 Å². The van der Waals surface area contributed by atoms with Gasteiger partial charge in [0.05, 0.1) is 5.69 Å². The van der Waals surface area contributed by atoms with Crippen molar-refractivity contribution in [3.05, 3.63) is 23.8 Å². The minimum Gasteiger partial charge on any atom is -0.482 e. The Balaban J connectivity index is 1.68. The molecule has 1 aromatic carbocycles. The van der Waals surface area contributed by atoms with Crippen molar-refractivity contribution in [2.45, 2.75) is 32.6 Å². The molecule has 0 N–H and O–H groups in total. The number of amides is 2. The van der Waals surface area contributed by atoms with Gasteiger partial charge in [0, 0.05) is 26.1 Å². The molecule has 1 fully saturated rings. The number of benzene rings is 1. The maximum absolute atomic E-state index is 12.3. The molecule has 2 aliphatic rings. The summed E-state index contributed by atoms with van der Waals surface area (Å²) in [4.78, 5) is 28.0. The Hall–Kier alpha value is -2.04. The van der Waals surface area contributed by atoms with E-state index in [9.17, 15) is 9.59 Å². The van der Waals surface area contributed by atoms with Crippen LogP contribution in [0.1, 0.15) is 31.2 Å². The molecule has 2 heterocycles. The van der Waals surface area contributed by atoms with Crippen LogP contribution in [0.2, 0.25) is 0 Å². The molecule has 0 bridgehead atoms. The third kappa shape index (κ3) is 3.08. The molecule has 2 amide bonds. The number of anilines is 1. The van der Waals surface area contributed by atoms with Crippen LogP contribution in [0.4, 0.5) is 5.69 Å². The van der Waals surface area contributed by atoms with Gasteiger partial charge in [0.15, 0.2) is 6.61 Å². The summed E-state index contributed by atoms with van der Waals surface area (Å²) < 4.78 is 5.46. The normalized spacial score (nSPS) is 18.0. The summed E-state index contributed by atoms with van der Waals surface area (Å²) in [6.45, 7) is 4.16. The van der Waals surface area contributed by atoms with Crippen molar-refractivity contribution in [3.63, 3.8) is 0 Å². The summed E-state index contributed by atoms with van der Waals surface area (Å²) >= 11 is 0. The topological polar surface area (TPSA) is 49.9 Å². The van der Waals surface area contributed by atoms with Crippen LogP contribution >= 0.6 is 0 Å². The van der Waals surface area contributed by atoms with Crippen LogP contribution in [-0.2, 0) is 9.59 Å². The molecule has 118 valence electrons. The van der Waals surface area contributed by atoms with Gasteiger partial charge in [-0.2, -0.15) is 0 Å². The quantitative estimate of drug-likeness (QED) is 0.859. The largest absolute Gasteiger partial charge is 0.482 e. The van der Waals surface area contributed by atoms with E-state index in [1.165, 1.54) is 6.42 Å². The summed E-state index contributed by atoms with van der Waals surface area (Å²) in [5.74, 6) is 0.786. The number of rotatable bonds is 3. The fourth-order valence-electron chi connectivity index (χ4n) is 3.07. The third-order valence-corrected chi connectivity index (χ3v) is 4.32. The number of ether oxygens (including phenoxy) is 1. The lowest BCUT2D eigenvalue weighted by molar-refractivity contribution is -0.131. The number of aryl methyl sites for hydroxylation is 1. The Labute approximate surface area is 130 Å². The van der Waals surface area contributed by atoms with E-state index >= 15 is 0 Å². The lowest BCUT2D eigenvalue weighted by Crippen LogP contribution is -2.42. The standard InChI is InChI=1S/C17H22N2O3/c1-13-5-6-15-14(11-13)19(17(21)12-22-15)10-7-16(20)18-8-3-2-4-9-18/h5-6,11H,2-4,7-10,12H2,1H3. The Morgan fingerprint density at radius 3 is 2.77 bits per heavy atom. The van der Waals surface area contributed by atoms with E-state index < -0.39 is 0 Å².